The lowest BCUT2D eigenvalue weighted by molar-refractivity contribution is 0.0968. The van der Waals surface area contributed by atoms with Crippen LogP contribution in [0.5, 0.6) is 0 Å². The Morgan fingerprint density at radius 2 is 1.79 bits per heavy atom. The van der Waals surface area contributed by atoms with Gasteiger partial charge in [-0.15, -0.1) is 0 Å². The summed E-state index contributed by atoms with van der Waals surface area (Å²) in [6.45, 7) is 4.42. The van der Waals surface area contributed by atoms with Gasteiger partial charge in [0.05, 0.1) is 18.8 Å². The Morgan fingerprint density at radius 1 is 1.12 bits per heavy atom. The van der Waals surface area contributed by atoms with Crippen LogP contribution in [0.1, 0.15) is 48.1 Å². The number of hydrogen-bond acceptors (Lipinski definition) is 5. The third-order valence-electron chi connectivity index (χ3n) is 4.81. The van der Waals surface area contributed by atoms with Crippen molar-refractivity contribution in [3.05, 3.63) is 75.7 Å². The van der Waals surface area contributed by atoms with Gasteiger partial charge in [0.15, 0.2) is 5.78 Å². The van der Waals surface area contributed by atoms with Crippen LogP contribution in [0.2, 0.25) is 10.0 Å². The molecule has 9 heteroatoms. The molecule has 0 aliphatic carbocycles. The average molecular weight is 506 g/mol. The van der Waals surface area contributed by atoms with Crippen LogP contribution in [-0.4, -0.2) is 28.0 Å². The molecule has 1 amide bonds. The molecule has 33 heavy (non-hydrogen) atoms. The van der Waals surface area contributed by atoms with Crippen molar-refractivity contribution >= 4 is 46.8 Å². The molecule has 0 aliphatic rings. The number of ether oxygens (including phenoxy) is 1. The first-order valence-electron chi connectivity index (χ1n) is 10.5. The summed E-state index contributed by atoms with van der Waals surface area (Å²) in [5.41, 5.74) is 6.56. The summed E-state index contributed by atoms with van der Waals surface area (Å²) in [4.78, 5) is 29.7. The van der Waals surface area contributed by atoms with Gasteiger partial charge in [0.2, 0.25) is 0 Å². The van der Waals surface area contributed by atoms with Crippen molar-refractivity contribution in [2.24, 2.45) is 5.73 Å². The zero-order chi connectivity index (χ0) is 24.0. The summed E-state index contributed by atoms with van der Waals surface area (Å²) in [6.07, 6.45) is 0.241. The number of aromatic nitrogens is 2. The van der Waals surface area contributed by atoms with Gasteiger partial charge in [0.25, 0.3) is 0 Å². The number of halogens is 2. The Balaban J connectivity index is 1.99. The number of amides is 1. The lowest BCUT2D eigenvalue weighted by atomic mass is 10.1. The van der Waals surface area contributed by atoms with E-state index in [1.54, 1.807) is 18.2 Å². The maximum atomic E-state index is 13.1. The van der Waals surface area contributed by atoms with Gasteiger partial charge in [0.1, 0.15) is 10.9 Å². The van der Waals surface area contributed by atoms with E-state index in [0.29, 0.717) is 28.5 Å². The molecule has 2 aromatic carbocycles. The quantitative estimate of drug-likeness (QED) is 0.255. The van der Waals surface area contributed by atoms with E-state index in [2.05, 4.69) is 13.8 Å². The molecule has 0 bridgehead atoms. The van der Waals surface area contributed by atoms with E-state index in [9.17, 15) is 9.59 Å². The number of Topliss-reactive ketones (excluding diaryl/α,β-unsaturated/α-hetero) is 1. The van der Waals surface area contributed by atoms with E-state index in [4.69, 9.17) is 38.7 Å². The van der Waals surface area contributed by atoms with E-state index < -0.39 is 6.09 Å². The topological polar surface area (TPSA) is 87.2 Å². The Kier molecular flexibility index (Phi) is 8.83. The lowest BCUT2D eigenvalue weighted by Crippen LogP contribution is -2.16. The van der Waals surface area contributed by atoms with Gasteiger partial charge in [0, 0.05) is 26.9 Å². The van der Waals surface area contributed by atoms with E-state index in [1.165, 1.54) is 11.8 Å². The molecule has 0 saturated heterocycles. The maximum Gasteiger partial charge on any atom is 0.404 e. The summed E-state index contributed by atoms with van der Waals surface area (Å²) in [7, 11) is 0. The zero-order valence-corrected chi connectivity index (χ0v) is 20.7. The van der Waals surface area contributed by atoms with Crippen LogP contribution in [-0.2, 0) is 17.7 Å². The van der Waals surface area contributed by atoms with E-state index in [1.807, 2.05) is 34.9 Å². The van der Waals surface area contributed by atoms with Crippen LogP contribution in [0.4, 0.5) is 4.79 Å². The SMILES string of the molecule is CC(C)c1nc(CCCOC(N)=O)n(CC(=O)c2ccccc2)c1Sc1cc(Cl)cc(Cl)c1. The molecular weight excluding hydrogens is 481 g/mol. The second-order valence-corrected chi connectivity index (χ2v) is 9.66. The van der Waals surface area contributed by atoms with Crippen molar-refractivity contribution in [3.63, 3.8) is 0 Å². The number of rotatable bonds is 10. The molecular formula is C24H25Cl2N3O3S. The fourth-order valence-corrected chi connectivity index (χ4v) is 5.22. The number of carbonyl (C=O) groups is 2. The Labute approximate surface area is 207 Å². The van der Waals surface area contributed by atoms with Crippen LogP contribution < -0.4 is 5.73 Å². The van der Waals surface area contributed by atoms with Crippen molar-refractivity contribution in [1.82, 2.24) is 9.55 Å². The highest BCUT2D eigenvalue weighted by atomic mass is 35.5. The number of hydrogen-bond donors (Lipinski definition) is 1. The standard InChI is InChI=1S/C24H25Cl2N3O3S/c1-15(2)22-23(33-19-12-17(25)11-18(26)13-19)29(14-20(30)16-7-4-3-5-8-16)21(28-22)9-6-10-32-24(27)31/h3-5,7-8,11-13,15H,6,9-10,14H2,1-2H3,(H2,27,31). The first kappa shape index (κ1) is 25.1. The maximum absolute atomic E-state index is 13.1. The van der Waals surface area contributed by atoms with Crippen molar-refractivity contribution in [2.45, 2.75) is 49.1 Å². The highest BCUT2D eigenvalue weighted by Gasteiger charge is 2.23. The van der Waals surface area contributed by atoms with Gasteiger partial charge in [-0.1, -0.05) is 79.1 Å². The van der Waals surface area contributed by atoms with Crippen LogP contribution >= 0.6 is 35.0 Å². The van der Waals surface area contributed by atoms with E-state index in [-0.39, 0.29) is 24.9 Å². The van der Waals surface area contributed by atoms with Crippen molar-refractivity contribution in [1.29, 1.82) is 0 Å². The molecule has 0 unspecified atom stereocenters. The molecule has 0 fully saturated rings. The number of carbonyl (C=O) groups excluding carboxylic acids is 2. The van der Waals surface area contributed by atoms with Crippen LogP contribution in [0.25, 0.3) is 0 Å². The molecule has 0 saturated carbocycles. The molecule has 0 radical (unpaired) electrons. The number of ketones is 1. The molecule has 3 rings (SSSR count). The largest absolute Gasteiger partial charge is 0.450 e. The fourth-order valence-electron chi connectivity index (χ4n) is 3.30. The Hall–Kier alpha value is -2.48. The molecule has 0 aliphatic heterocycles. The van der Waals surface area contributed by atoms with E-state index >= 15 is 0 Å². The van der Waals surface area contributed by atoms with Gasteiger partial charge in [-0.3, -0.25) is 4.79 Å². The minimum absolute atomic E-state index is 0.0241. The molecule has 2 N–H and O–H groups in total. The summed E-state index contributed by atoms with van der Waals surface area (Å²) in [6, 6.07) is 14.5. The predicted octanol–water partition coefficient (Wildman–Crippen LogP) is 6.38. The van der Waals surface area contributed by atoms with E-state index in [0.717, 1.165) is 21.4 Å². The summed E-state index contributed by atoms with van der Waals surface area (Å²) in [5.74, 6) is 0.839. The van der Waals surface area contributed by atoms with Crippen molar-refractivity contribution in [2.75, 3.05) is 6.61 Å². The van der Waals surface area contributed by atoms with Gasteiger partial charge < -0.3 is 15.0 Å². The van der Waals surface area contributed by atoms with Gasteiger partial charge >= 0.3 is 6.09 Å². The molecule has 0 atom stereocenters. The third kappa shape index (κ3) is 7.00. The molecule has 3 aromatic rings. The van der Waals surface area contributed by atoms with Crippen molar-refractivity contribution in [3.8, 4) is 0 Å². The summed E-state index contributed by atoms with van der Waals surface area (Å²) >= 11 is 13.9. The number of benzene rings is 2. The summed E-state index contributed by atoms with van der Waals surface area (Å²) < 4.78 is 6.80. The minimum Gasteiger partial charge on any atom is -0.450 e. The first-order chi connectivity index (χ1) is 15.7. The van der Waals surface area contributed by atoms with Gasteiger partial charge in [-0.25, -0.2) is 9.78 Å². The predicted molar refractivity (Wildman–Crippen MR) is 132 cm³/mol. The molecule has 1 aromatic heterocycles. The number of nitrogens with zero attached hydrogens (tertiary/aromatic N) is 2. The third-order valence-corrected chi connectivity index (χ3v) is 6.34. The van der Waals surface area contributed by atoms with Crippen LogP contribution in [0.15, 0.2) is 58.5 Å². The smallest absolute Gasteiger partial charge is 0.404 e. The van der Waals surface area contributed by atoms with Gasteiger partial charge in [-0.2, -0.15) is 0 Å². The number of aryl methyl sites for hydroxylation is 1. The normalized spacial score (nSPS) is 11.1. The van der Waals surface area contributed by atoms with Gasteiger partial charge in [-0.05, 0) is 30.5 Å². The average Bonchev–Trinajstić information content (AvgIpc) is 3.08. The highest BCUT2D eigenvalue weighted by molar-refractivity contribution is 7.99. The Bertz CT molecular complexity index is 1110. The second-order valence-electron chi connectivity index (χ2n) is 7.73. The van der Waals surface area contributed by atoms with Crippen molar-refractivity contribution < 1.29 is 14.3 Å². The Morgan fingerprint density at radius 3 is 2.39 bits per heavy atom. The minimum atomic E-state index is -0.811. The molecule has 0 spiro atoms. The fraction of sp³-hybridized carbons (Fsp3) is 0.292. The number of imidazole rings is 1. The van der Waals surface area contributed by atoms with Crippen LogP contribution in [0, 0.1) is 0 Å². The number of primary amides is 1. The highest BCUT2D eigenvalue weighted by Crippen LogP contribution is 2.37. The zero-order valence-electron chi connectivity index (χ0n) is 18.4. The second kappa shape index (κ2) is 11.6. The molecule has 1 heterocycles. The summed E-state index contributed by atoms with van der Waals surface area (Å²) in [5, 5.41) is 1.93. The molecule has 174 valence electrons. The monoisotopic (exact) mass is 505 g/mol. The first-order valence-corrected chi connectivity index (χ1v) is 12.1. The number of nitrogens with two attached hydrogens (primary N) is 1. The molecule has 6 nitrogen and oxygen atoms in total. The van der Waals surface area contributed by atoms with Crippen LogP contribution in [0.3, 0.4) is 0 Å². The lowest BCUT2D eigenvalue weighted by Gasteiger charge is -2.13.